The van der Waals surface area contributed by atoms with Crippen molar-refractivity contribution in [2.75, 3.05) is 48.0 Å². The lowest BCUT2D eigenvalue weighted by molar-refractivity contribution is 0.281. The summed E-state index contributed by atoms with van der Waals surface area (Å²) in [6.07, 6.45) is 0. The molecule has 18 rings (SSSR count). The van der Waals surface area contributed by atoms with E-state index >= 15 is 4.21 Å². The minimum absolute atomic E-state index is 0.104. The number of hydrogen-bond acceptors (Lipinski definition) is 13. The summed E-state index contributed by atoms with van der Waals surface area (Å²) in [7, 11) is 1.83. The molecule has 0 atom stereocenters. The maximum absolute atomic E-state index is 19.9. The number of para-hydroxylation sites is 4. The van der Waals surface area contributed by atoms with Crippen LogP contribution >= 0.6 is 0 Å². The molecular formula is C104H84N4O9S. The highest BCUT2D eigenvalue weighted by Crippen LogP contribution is 2.72. The van der Waals surface area contributed by atoms with Crippen molar-refractivity contribution < 1.29 is 43.6 Å². The Morgan fingerprint density at radius 1 is 0.220 bits per heavy atom. The van der Waals surface area contributed by atoms with Gasteiger partial charge in [-0.15, -0.1) is 0 Å². The van der Waals surface area contributed by atoms with E-state index in [0.29, 0.717) is 25.3 Å². The lowest BCUT2D eigenvalue weighted by atomic mass is 9.94. The van der Waals surface area contributed by atoms with Gasteiger partial charge in [0.25, 0.3) is 0 Å². The van der Waals surface area contributed by atoms with Gasteiger partial charge >= 0.3 is 0 Å². The fourth-order valence-electron chi connectivity index (χ4n) is 17.0. The van der Waals surface area contributed by atoms with Crippen molar-refractivity contribution >= 4 is 77.3 Å². The molecule has 0 radical (unpaired) electrons. The summed E-state index contributed by atoms with van der Waals surface area (Å²) < 4.78 is 42.8. The molecule has 580 valence electrons. The van der Waals surface area contributed by atoms with Gasteiger partial charge in [-0.05, 0) is 285 Å². The number of hydrogen-bond donors (Lipinski definition) is 4. The van der Waals surface area contributed by atoms with Gasteiger partial charge < -0.3 is 59.0 Å². The number of nitrogens with zero attached hydrogens (tertiary/aromatic N) is 4. The van der Waals surface area contributed by atoms with Crippen molar-refractivity contribution in [3.63, 3.8) is 0 Å². The SMILES string of the molecule is COc1ccc(N(c2ccc(CO)cc2)c2ccccc2-c2ccc3c(c2)-c2cc(-c4ccccc4N(c4ccc(CO)cc4)c4ccc(CO)cc4)ccc2S32(=O)c3ccc(-c4ccccc4N(c4ccc(CO)cc4)c4ccc(OC)cc4)cc3-c3cc(-c4ccccc4N(c4ccc(OC)cc4)c4ccc(OC)cc4)ccc32)cc1. The Morgan fingerprint density at radius 2 is 0.398 bits per heavy atom. The fourth-order valence-corrected chi connectivity index (χ4v) is 22.1. The monoisotopic (exact) mass is 1560 g/mol. The number of anilines is 12. The predicted molar refractivity (Wildman–Crippen MR) is 475 cm³/mol. The number of benzene rings is 16. The summed E-state index contributed by atoms with van der Waals surface area (Å²) in [5, 5.41) is 41.3. The summed E-state index contributed by atoms with van der Waals surface area (Å²) in [5.41, 5.74) is 24.1. The third kappa shape index (κ3) is 13.1. The molecule has 1 spiro atoms. The average molecular weight is 1570 g/mol. The molecule has 14 heteroatoms. The van der Waals surface area contributed by atoms with Crippen LogP contribution in [-0.2, 0) is 35.5 Å². The second kappa shape index (κ2) is 31.6. The first kappa shape index (κ1) is 75.3. The fraction of sp³-hybridized carbons (Fsp3) is 0.0769. The molecule has 0 saturated carbocycles. The Bertz CT molecular complexity index is 5500. The molecule has 2 aliphatic heterocycles. The third-order valence-electron chi connectivity index (χ3n) is 22.8. The maximum Gasteiger partial charge on any atom is 0.119 e. The van der Waals surface area contributed by atoms with Gasteiger partial charge in [0.15, 0.2) is 0 Å². The lowest BCUT2D eigenvalue weighted by Crippen LogP contribution is -2.30. The number of methoxy groups -OCH3 is 4. The Balaban J connectivity index is 0.904. The van der Waals surface area contributed by atoms with Crippen molar-refractivity contribution in [1.29, 1.82) is 0 Å². The number of aliphatic hydroxyl groups excluding tert-OH is 4. The Kier molecular flexibility index (Phi) is 20.2. The Labute approximate surface area is 686 Å². The molecule has 16 aromatic rings. The van der Waals surface area contributed by atoms with Crippen LogP contribution in [0.5, 0.6) is 23.0 Å². The van der Waals surface area contributed by atoms with Crippen molar-refractivity contribution in [3.8, 4) is 89.8 Å². The normalized spacial score (nSPS) is 12.8. The summed E-state index contributed by atoms with van der Waals surface area (Å²) in [6.45, 7) is -0.436. The van der Waals surface area contributed by atoms with E-state index in [-0.39, 0.29) is 26.4 Å². The van der Waals surface area contributed by atoms with Gasteiger partial charge in [-0.25, -0.2) is 0 Å². The molecule has 0 fully saturated rings. The standard InChI is InChI=1S/C104H84N4O9S/c1-114-85-49-41-81(42-50-85)106(79-37-25-71(67-111)26-38-79)98-18-10-6-14-90(98)74-30-58-102-94(62-74)93-61-73(89-13-5-9-17-97(89)105(77-33-21-69(65-109)22-34-77)78-35-23-70(66-110)24-36-78)29-57-101(93)118(102,113)103-59-31-75(91-15-7-11-19-99(91)107(80-39-27-72(68-112)28-40-80)82-43-51-86(115-2)52-44-82)63-95(103)96-64-76(32-60-104(96)118)92-16-8-12-20-100(92)108(83-45-53-87(116-3)54-46-83)84-47-55-88(117-4)56-48-84/h5-64,109-112H,65-68H2,1-4H3. The minimum Gasteiger partial charge on any atom is -0.497 e. The first-order valence-corrected chi connectivity index (χ1v) is 41.1. The van der Waals surface area contributed by atoms with Gasteiger partial charge in [-0.1, -0.05) is 146 Å². The molecule has 13 nitrogen and oxygen atoms in total. The molecule has 0 unspecified atom stereocenters. The topological polar surface area (TPSA) is 148 Å². The van der Waals surface area contributed by atoms with Crippen LogP contribution in [0.3, 0.4) is 0 Å². The van der Waals surface area contributed by atoms with E-state index in [1.54, 1.807) is 28.4 Å². The zero-order chi connectivity index (χ0) is 80.6. The maximum atomic E-state index is 19.9. The van der Waals surface area contributed by atoms with Crippen LogP contribution in [0.1, 0.15) is 22.3 Å². The van der Waals surface area contributed by atoms with Gasteiger partial charge in [-0.2, -0.15) is 0 Å². The van der Waals surface area contributed by atoms with E-state index in [1.165, 1.54) is 0 Å². The van der Waals surface area contributed by atoms with E-state index in [9.17, 15) is 20.4 Å². The molecule has 16 aromatic carbocycles. The highest BCUT2D eigenvalue weighted by atomic mass is 32.3. The first-order valence-electron chi connectivity index (χ1n) is 39.1. The van der Waals surface area contributed by atoms with Crippen LogP contribution in [-0.4, -0.2) is 53.1 Å². The molecule has 0 bridgehead atoms. The second-order valence-corrected chi connectivity index (χ2v) is 32.9. The minimum atomic E-state index is -4.84. The largest absolute Gasteiger partial charge is 0.497 e. The van der Waals surface area contributed by atoms with Crippen LogP contribution in [0.25, 0.3) is 66.8 Å². The third-order valence-corrected chi connectivity index (χ3v) is 27.6. The van der Waals surface area contributed by atoms with E-state index in [0.717, 1.165) is 175 Å². The van der Waals surface area contributed by atoms with Gasteiger partial charge in [0.05, 0.1) is 77.6 Å². The molecule has 0 aromatic heterocycles. The lowest BCUT2D eigenvalue weighted by Gasteiger charge is -2.39. The Morgan fingerprint density at radius 3 is 0.576 bits per heavy atom. The molecule has 2 aliphatic rings. The molecule has 2 heterocycles. The van der Waals surface area contributed by atoms with E-state index in [2.05, 4.69) is 220 Å². The second-order valence-electron chi connectivity index (χ2n) is 29.3. The van der Waals surface area contributed by atoms with Crippen molar-refractivity contribution in [2.24, 2.45) is 0 Å². The smallest absolute Gasteiger partial charge is 0.119 e. The van der Waals surface area contributed by atoms with E-state index in [1.807, 2.05) is 164 Å². The summed E-state index contributed by atoms with van der Waals surface area (Å²) in [5.74, 6) is 2.89. The quantitative estimate of drug-likeness (QED) is 0.0455. The van der Waals surface area contributed by atoms with E-state index in [4.69, 9.17) is 18.9 Å². The molecule has 4 N–H and O–H groups in total. The van der Waals surface area contributed by atoms with Gasteiger partial charge in [0.1, 0.15) is 23.0 Å². The van der Waals surface area contributed by atoms with Crippen LogP contribution in [0, 0.1) is 0 Å². The van der Waals surface area contributed by atoms with Crippen LogP contribution in [0.2, 0.25) is 0 Å². The van der Waals surface area contributed by atoms with Crippen LogP contribution < -0.4 is 38.5 Å². The zero-order valence-corrected chi connectivity index (χ0v) is 66.3. The first-order chi connectivity index (χ1) is 57.9. The number of ether oxygens (including phenoxy) is 4. The highest BCUT2D eigenvalue weighted by molar-refractivity contribution is 8.21. The zero-order valence-electron chi connectivity index (χ0n) is 65.5. The molecule has 0 saturated heterocycles. The average Bonchev–Trinajstić information content (AvgIpc) is 1.47. The van der Waals surface area contributed by atoms with Gasteiger partial charge in [0, 0.05) is 96.4 Å². The molecule has 0 aliphatic carbocycles. The number of aliphatic hydroxyl groups is 4. The van der Waals surface area contributed by atoms with Crippen molar-refractivity contribution in [1.82, 2.24) is 0 Å². The van der Waals surface area contributed by atoms with Crippen LogP contribution in [0.4, 0.5) is 68.2 Å². The number of rotatable bonds is 24. The van der Waals surface area contributed by atoms with Crippen molar-refractivity contribution in [3.05, 3.63) is 386 Å². The molecular weight excluding hydrogens is 1480 g/mol. The summed E-state index contributed by atoms with van der Waals surface area (Å²) in [4.78, 5) is 11.6. The molecule has 118 heavy (non-hydrogen) atoms. The summed E-state index contributed by atoms with van der Waals surface area (Å²) in [6, 6.07) is 124. The van der Waals surface area contributed by atoms with Crippen molar-refractivity contribution in [2.45, 2.75) is 46.0 Å². The number of fused-ring (bicyclic) bond motifs is 10. The Hall–Kier alpha value is -14.1. The van der Waals surface area contributed by atoms with Gasteiger partial charge in [-0.3, -0.25) is 4.21 Å². The van der Waals surface area contributed by atoms with E-state index < -0.39 is 9.07 Å². The van der Waals surface area contributed by atoms with Crippen LogP contribution in [0.15, 0.2) is 384 Å². The van der Waals surface area contributed by atoms with Gasteiger partial charge in [0.2, 0.25) is 0 Å². The summed E-state index contributed by atoms with van der Waals surface area (Å²) >= 11 is 0. The molecule has 0 amide bonds. The predicted octanol–water partition coefficient (Wildman–Crippen LogP) is 24.6. The highest BCUT2D eigenvalue weighted by Gasteiger charge is 2.58.